The van der Waals surface area contributed by atoms with Gasteiger partial charge in [0.2, 0.25) is 0 Å². The summed E-state index contributed by atoms with van der Waals surface area (Å²) in [6, 6.07) is 28.1. The van der Waals surface area contributed by atoms with Gasteiger partial charge >= 0.3 is 208 Å². The van der Waals surface area contributed by atoms with Crippen molar-refractivity contribution in [1.82, 2.24) is 0 Å². The van der Waals surface area contributed by atoms with Crippen LogP contribution in [0.1, 0.15) is 43.4 Å². The molecule has 0 aliphatic heterocycles. The van der Waals surface area contributed by atoms with E-state index in [0.717, 1.165) is 6.42 Å². The predicted molar refractivity (Wildman–Crippen MR) is 159 cm³/mol. The van der Waals surface area contributed by atoms with Gasteiger partial charge in [0.25, 0.3) is 0 Å². The van der Waals surface area contributed by atoms with E-state index in [-0.39, 0.29) is 37.2 Å². The summed E-state index contributed by atoms with van der Waals surface area (Å²) < 4.78 is 1.55. The molecule has 0 saturated carbocycles. The summed E-state index contributed by atoms with van der Waals surface area (Å²) in [7, 11) is -2.48. The Kier molecular flexibility index (Phi) is 12.3. The molecule has 0 saturated heterocycles. The Labute approximate surface area is 243 Å². The standard InChI is InChI=1S/C30H33Si.3ClH.Ti/c1-6-25(5)29-17-10-18-30(29)31(26-14-7-11-22(2)19-26,27-15-8-12-23(3)20-27)28-16-9-13-24(4)21-28;;;;/h7-9,11-17,19-21,25H,6,10H2,1-5H3;3*1H;. The van der Waals surface area contributed by atoms with E-state index < -0.39 is 8.07 Å². The molecule has 1 aliphatic carbocycles. The fourth-order valence-electron chi connectivity index (χ4n) is 5.27. The van der Waals surface area contributed by atoms with Crippen molar-refractivity contribution >= 4 is 60.9 Å². The molecular weight excluding hydrogens is 543 g/mol. The van der Waals surface area contributed by atoms with Crippen LogP contribution in [0.2, 0.25) is 0 Å². The van der Waals surface area contributed by atoms with Gasteiger partial charge in [-0.3, -0.25) is 0 Å². The Morgan fingerprint density at radius 2 is 1.14 bits per heavy atom. The summed E-state index contributed by atoms with van der Waals surface area (Å²) in [6.07, 6.45) is 4.78. The molecule has 35 heavy (non-hydrogen) atoms. The minimum atomic E-state index is -2.48. The molecule has 1 aliphatic rings. The summed E-state index contributed by atoms with van der Waals surface area (Å²) in [6.45, 7) is 11.4. The van der Waals surface area contributed by atoms with Crippen LogP contribution in [0.5, 0.6) is 0 Å². The van der Waals surface area contributed by atoms with Gasteiger partial charge in [-0.05, 0) is 0 Å². The van der Waals surface area contributed by atoms with Crippen LogP contribution in [-0.4, -0.2) is 8.07 Å². The number of hydrogen-bond donors (Lipinski definition) is 0. The van der Waals surface area contributed by atoms with Crippen molar-refractivity contribution in [1.29, 1.82) is 0 Å². The van der Waals surface area contributed by atoms with Gasteiger partial charge in [-0.2, -0.15) is 0 Å². The Balaban J connectivity index is 0.00000204. The van der Waals surface area contributed by atoms with Crippen LogP contribution >= 0.6 is 37.2 Å². The van der Waals surface area contributed by atoms with Crippen molar-refractivity contribution in [3.63, 3.8) is 0 Å². The third-order valence-electron chi connectivity index (χ3n) is 6.99. The molecule has 4 rings (SSSR count). The Morgan fingerprint density at radius 1 is 0.743 bits per heavy atom. The molecule has 0 amide bonds. The number of rotatable bonds is 6. The smallest absolute Gasteiger partial charge is 0.147 e. The van der Waals surface area contributed by atoms with E-state index in [1.54, 1.807) is 14.6 Å². The first-order valence-electron chi connectivity index (χ1n) is 11.7. The molecule has 0 N–H and O–H groups in total. The van der Waals surface area contributed by atoms with E-state index in [9.17, 15) is 0 Å². The van der Waals surface area contributed by atoms with Gasteiger partial charge < -0.3 is 0 Å². The van der Waals surface area contributed by atoms with Crippen molar-refractivity contribution in [3.8, 4) is 0 Å². The minimum Gasteiger partial charge on any atom is -0.147 e. The first-order chi connectivity index (χ1) is 15.4. The van der Waals surface area contributed by atoms with Gasteiger partial charge in [0.05, 0.1) is 0 Å². The Bertz CT molecular complexity index is 1100. The minimum absolute atomic E-state index is 0. The van der Waals surface area contributed by atoms with Crippen molar-refractivity contribution in [2.24, 2.45) is 5.92 Å². The fourth-order valence-corrected chi connectivity index (χ4v) is 12.1. The molecule has 0 heterocycles. The van der Waals surface area contributed by atoms with Crippen LogP contribution in [0.15, 0.2) is 93.5 Å². The zero-order chi connectivity index (χ0) is 22.9. The molecule has 1 atom stereocenters. The van der Waals surface area contributed by atoms with E-state index in [0.29, 0.717) is 5.92 Å². The molecule has 0 fully saturated rings. The number of aryl methyl sites for hydroxylation is 3. The molecule has 0 radical (unpaired) electrons. The van der Waals surface area contributed by atoms with Crippen molar-refractivity contribution in [2.45, 2.75) is 47.5 Å². The fraction of sp³-hybridized carbons (Fsp3) is 0.267. The molecular formula is C30H36Cl3SiTi. The zero-order valence-corrected chi connectivity index (χ0v) is 26.2. The molecule has 0 bridgehead atoms. The van der Waals surface area contributed by atoms with Crippen LogP contribution in [-0.2, 0) is 20.4 Å². The maximum absolute atomic E-state index is 2.53. The summed E-state index contributed by atoms with van der Waals surface area (Å²) >= 11 is 2.38. The maximum atomic E-state index is 2.53. The second-order valence-electron chi connectivity index (χ2n) is 9.38. The summed E-state index contributed by atoms with van der Waals surface area (Å²) in [5, 5.41) is 6.14. The van der Waals surface area contributed by atoms with Gasteiger partial charge in [0.1, 0.15) is 0 Å². The zero-order valence-electron chi connectivity index (χ0n) is 21.2. The molecule has 185 valence electrons. The Hall–Kier alpha value is -1.06. The van der Waals surface area contributed by atoms with Crippen molar-refractivity contribution in [2.75, 3.05) is 0 Å². The number of benzene rings is 3. The molecule has 3 aromatic rings. The van der Waals surface area contributed by atoms with Crippen LogP contribution in [0.25, 0.3) is 0 Å². The molecule has 0 spiro atoms. The third kappa shape index (κ3) is 6.09. The normalized spacial score (nSPS) is 13.8. The number of halogens is 3. The average molecular weight is 579 g/mol. The van der Waals surface area contributed by atoms with E-state index in [1.807, 2.05) is 0 Å². The van der Waals surface area contributed by atoms with Gasteiger partial charge in [-0.1, -0.05) is 0 Å². The molecule has 3 aromatic carbocycles. The Morgan fingerprint density at radius 3 is 1.49 bits per heavy atom. The van der Waals surface area contributed by atoms with Crippen LogP contribution in [0.3, 0.4) is 0 Å². The van der Waals surface area contributed by atoms with Gasteiger partial charge in [0.15, 0.2) is 0 Å². The van der Waals surface area contributed by atoms with Crippen LogP contribution in [0, 0.1) is 26.7 Å². The third-order valence-corrected chi connectivity index (χ3v) is 13.0. The first-order valence-corrected chi connectivity index (χ1v) is 14.5. The quantitative estimate of drug-likeness (QED) is 0.217. The van der Waals surface area contributed by atoms with E-state index in [4.69, 9.17) is 0 Å². The largest absolute Gasteiger partial charge is 0.147 e. The van der Waals surface area contributed by atoms with Crippen LogP contribution in [0.4, 0.5) is 0 Å². The van der Waals surface area contributed by atoms with Crippen LogP contribution < -0.4 is 15.6 Å². The molecule has 1 unspecified atom stereocenters. The summed E-state index contributed by atoms with van der Waals surface area (Å²) in [4.78, 5) is 0. The summed E-state index contributed by atoms with van der Waals surface area (Å²) in [5.74, 6) is 0.564. The monoisotopic (exact) mass is 577 g/mol. The first kappa shape index (κ1) is 32.0. The predicted octanol–water partition coefficient (Wildman–Crippen LogP) is 7.06. The van der Waals surface area contributed by atoms with Gasteiger partial charge in [0, 0.05) is 0 Å². The van der Waals surface area contributed by atoms with Crippen molar-refractivity contribution in [3.05, 3.63) is 110 Å². The van der Waals surface area contributed by atoms with Gasteiger partial charge in [-0.15, -0.1) is 37.2 Å². The van der Waals surface area contributed by atoms with E-state index in [2.05, 4.69) is 134 Å². The van der Waals surface area contributed by atoms with Gasteiger partial charge in [-0.25, -0.2) is 0 Å². The SMILES string of the molecule is CCC(C)C1=CC[C]([Ti])=C1[Si](c1cccc(C)c1)(c1cccc(C)c1)c1cccc(C)c1.Cl.Cl.Cl. The summed E-state index contributed by atoms with van der Waals surface area (Å²) in [5.41, 5.74) is 5.60. The van der Waals surface area contributed by atoms with E-state index in [1.165, 1.54) is 38.7 Å². The second kappa shape index (κ2) is 13.5. The average Bonchev–Trinajstić information content (AvgIpc) is 3.16. The topological polar surface area (TPSA) is 0 Å². The molecule has 5 heteroatoms. The van der Waals surface area contributed by atoms with E-state index >= 15 is 0 Å². The molecule has 0 aromatic heterocycles. The second-order valence-corrected chi connectivity index (χ2v) is 14.1. The number of hydrogen-bond acceptors (Lipinski definition) is 0. The van der Waals surface area contributed by atoms with Crippen molar-refractivity contribution < 1.29 is 20.4 Å². The molecule has 0 nitrogen and oxygen atoms in total. The maximum Gasteiger partial charge on any atom is -0.147 e. The number of allylic oxidation sites excluding steroid dienone is 4.